The van der Waals surface area contributed by atoms with Crippen molar-refractivity contribution in [2.45, 2.75) is 45.8 Å². The first kappa shape index (κ1) is 14.2. The Hall–Kier alpha value is -1.20. The van der Waals surface area contributed by atoms with E-state index >= 15 is 0 Å². The summed E-state index contributed by atoms with van der Waals surface area (Å²) in [6.45, 7) is 9.58. The molecule has 5 heteroatoms. The van der Waals surface area contributed by atoms with E-state index in [0.29, 0.717) is 11.7 Å². The van der Waals surface area contributed by atoms with Crippen LogP contribution in [0.4, 0.5) is 4.39 Å². The molecule has 1 aliphatic rings. The van der Waals surface area contributed by atoms with Gasteiger partial charge >= 0.3 is 7.12 Å². The van der Waals surface area contributed by atoms with Crippen molar-refractivity contribution in [1.82, 2.24) is 0 Å². The number of carbonyl (C=O) groups is 1. The quantitative estimate of drug-likeness (QED) is 0.607. The van der Waals surface area contributed by atoms with Gasteiger partial charge in [-0.2, -0.15) is 0 Å². The van der Waals surface area contributed by atoms with Gasteiger partial charge in [0.05, 0.1) is 16.8 Å². The Morgan fingerprint density at radius 3 is 2.16 bits per heavy atom. The van der Waals surface area contributed by atoms with Gasteiger partial charge in [-0.15, -0.1) is 0 Å². The number of benzene rings is 1. The summed E-state index contributed by atoms with van der Waals surface area (Å²) in [5.74, 6) is -0.551. The number of rotatable bonds is 2. The molecule has 1 aliphatic heterocycles. The van der Waals surface area contributed by atoms with Crippen LogP contribution in [0.25, 0.3) is 0 Å². The number of aldehydes is 1. The lowest BCUT2D eigenvalue weighted by Gasteiger charge is -2.32. The molecule has 1 aromatic carbocycles. The fourth-order valence-corrected chi connectivity index (χ4v) is 2.03. The van der Waals surface area contributed by atoms with Crippen LogP contribution < -0.4 is 5.46 Å². The van der Waals surface area contributed by atoms with E-state index in [0.717, 1.165) is 5.56 Å². The van der Waals surface area contributed by atoms with Crippen LogP contribution in [-0.4, -0.2) is 24.6 Å². The van der Waals surface area contributed by atoms with Crippen molar-refractivity contribution in [1.29, 1.82) is 0 Å². The minimum Gasteiger partial charge on any atom is -0.399 e. The van der Waals surface area contributed by atoms with Gasteiger partial charge in [0, 0.05) is 0 Å². The standard InChI is InChI=1S/C14H18BFO3/c1-9-6-10(8-17)12(16)7-11(9)15-18-13(2,3)14(4,5)19-15/h6-8H,1-5H3. The first-order valence-corrected chi connectivity index (χ1v) is 6.29. The van der Waals surface area contributed by atoms with Gasteiger partial charge in [-0.3, -0.25) is 4.79 Å². The number of hydrogen-bond donors (Lipinski definition) is 0. The lowest BCUT2D eigenvalue weighted by molar-refractivity contribution is 0.00578. The summed E-state index contributed by atoms with van der Waals surface area (Å²) in [5, 5.41) is 0. The summed E-state index contributed by atoms with van der Waals surface area (Å²) < 4.78 is 25.5. The highest BCUT2D eigenvalue weighted by Crippen LogP contribution is 2.36. The number of hydrogen-bond acceptors (Lipinski definition) is 3. The topological polar surface area (TPSA) is 35.5 Å². The predicted molar refractivity (Wildman–Crippen MR) is 72.2 cm³/mol. The van der Waals surface area contributed by atoms with Crippen LogP contribution in [0.5, 0.6) is 0 Å². The second-order valence-electron chi connectivity index (χ2n) is 5.94. The summed E-state index contributed by atoms with van der Waals surface area (Å²) in [7, 11) is -0.611. The van der Waals surface area contributed by atoms with Crippen LogP contribution in [0.3, 0.4) is 0 Å². The number of halogens is 1. The maximum atomic E-state index is 13.7. The van der Waals surface area contributed by atoms with Gasteiger partial charge in [-0.1, -0.05) is 5.56 Å². The highest BCUT2D eigenvalue weighted by Gasteiger charge is 2.52. The second-order valence-corrected chi connectivity index (χ2v) is 5.94. The van der Waals surface area contributed by atoms with Gasteiger partial charge in [-0.05, 0) is 52.2 Å². The molecule has 0 radical (unpaired) electrons. The molecule has 0 aromatic heterocycles. The largest absolute Gasteiger partial charge is 0.495 e. The third-order valence-electron chi connectivity index (χ3n) is 4.02. The summed E-state index contributed by atoms with van der Waals surface area (Å²) in [6, 6.07) is 2.84. The van der Waals surface area contributed by atoms with E-state index in [1.807, 2.05) is 34.6 Å². The molecule has 102 valence electrons. The van der Waals surface area contributed by atoms with Crippen LogP contribution in [0.1, 0.15) is 43.6 Å². The van der Waals surface area contributed by atoms with E-state index in [4.69, 9.17) is 9.31 Å². The van der Waals surface area contributed by atoms with Gasteiger partial charge in [0.15, 0.2) is 6.29 Å². The zero-order valence-corrected chi connectivity index (χ0v) is 11.9. The molecule has 0 bridgehead atoms. The zero-order chi connectivity index (χ0) is 14.4. The maximum absolute atomic E-state index is 13.7. The number of aryl methyl sites for hydroxylation is 1. The maximum Gasteiger partial charge on any atom is 0.495 e. The fraction of sp³-hybridized carbons (Fsp3) is 0.500. The predicted octanol–water partition coefficient (Wildman–Crippen LogP) is 2.25. The molecular weight excluding hydrogens is 246 g/mol. The number of carbonyl (C=O) groups excluding carboxylic acids is 1. The van der Waals surface area contributed by atoms with Crippen LogP contribution in [-0.2, 0) is 9.31 Å². The van der Waals surface area contributed by atoms with Crippen molar-refractivity contribution in [3.8, 4) is 0 Å². The Bertz CT molecular complexity index is 510. The normalized spacial score (nSPS) is 20.6. The van der Waals surface area contributed by atoms with Crippen molar-refractivity contribution in [2.75, 3.05) is 0 Å². The zero-order valence-electron chi connectivity index (χ0n) is 11.9. The minimum atomic E-state index is -0.611. The first-order chi connectivity index (χ1) is 8.68. The lowest BCUT2D eigenvalue weighted by atomic mass is 9.75. The van der Waals surface area contributed by atoms with E-state index in [1.165, 1.54) is 12.1 Å². The van der Waals surface area contributed by atoms with Gasteiger partial charge in [0.2, 0.25) is 0 Å². The van der Waals surface area contributed by atoms with Crippen LogP contribution >= 0.6 is 0 Å². The average molecular weight is 264 g/mol. The highest BCUT2D eigenvalue weighted by atomic mass is 19.1. The van der Waals surface area contributed by atoms with E-state index < -0.39 is 24.1 Å². The molecular formula is C14H18BFO3. The van der Waals surface area contributed by atoms with Crippen molar-refractivity contribution in [2.24, 2.45) is 0 Å². The van der Waals surface area contributed by atoms with E-state index in [-0.39, 0.29) is 5.56 Å². The molecule has 0 unspecified atom stereocenters. The SMILES string of the molecule is Cc1cc(C=O)c(F)cc1B1OC(C)(C)C(C)(C)O1. The smallest absolute Gasteiger partial charge is 0.399 e. The Labute approximate surface area is 113 Å². The molecule has 2 rings (SSSR count). The third-order valence-corrected chi connectivity index (χ3v) is 4.02. The molecule has 19 heavy (non-hydrogen) atoms. The van der Waals surface area contributed by atoms with Crippen molar-refractivity contribution < 1.29 is 18.5 Å². The molecule has 1 fully saturated rings. The molecule has 0 N–H and O–H groups in total. The highest BCUT2D eigenvalue weighted by molar-refractivity contribution is 6.62. The Morgan fingerprint density at radius 2 is 1.68 bits per heavy atom. The Morgan fingerprint density at radius 1 is 1.16 bits per heavy atom. The lowest BCUT2D eigenvalue weighted by Crippen LogP contribution is -2.41. The fourth-order valence-electron chi connectivity index (χ4n) is 2.03. The van der Waals surface area contributed by atoms with Gasteiger partial charge < -0.3 is 9.31 Å². The van der Waals surface area contributed by atoms with Crippen molar-refractivity contribution in [3.05, 3.63) is 29.1 Å². The average Bonchev–Trinajstić information content (AvgIpc) is 2.50. The second kappa shape index (κ2) is 4.42. The minimum absolute atomic E-state index is 0.0535. The molecule has 1 aromatic rings. The molecule has 0 aliphatic carbocycles. The third kappa shape index (κ3) is 2.32. The van der Waals surface area contributed by atoms with Gasteiger partial charge in [-0.25, -0.2) is 4.39 Å². The molecule has 0 spiro atoms. The molecule has 0 saturated carbocycles. The molecule has 1 saturated heterocycles. The van der Waals surface area contributed by atoms with Crippen LogP contribution in [0, 0.1) is 12.7 Å². The first-order valence-electron chi connectivity index (χ1n) is 6.29. The molecule has 0 atom stereocenters. The summed E-state index contributed by atoms with van der Waals surface area (Å²) in [5.41, 5.74) is 0.523. The summed E-state index contributed by atoms with van der Waals surface area (Å²) in [4.78, 5) is 10.7. The van der Waals surface area contributed by atoms with Gasteiger partial charge in [0.25, 0.3) is 0 Å². The molecule has 1 heterocycles. The van der Waals surface area contributed by atoms with E-state index in [2.05, 4.69) is 0 Å². The van der Waals surface area contributed by atoms with Gasteiger partial charge in [0.1, 0.15) is 5.82 Å². The summed E-state index contributed by atoms with van der Waals surface area (Å²) >= 11 is 0. The monoisotopic (exact) mass is 264 g/mol. The summed E-state index contributed by atoms with van der Waals surface area (Å²) in [6.07, 6.45) is 0.510. The Kier molecular flexibility index (Phi) is 3.31. The van der Waals surface area contributed by atoms with Crippen molar-refractivity contribution in [3.63, 3.8) is 0 Å². The van der Waals surface area contributed by atoms with Crippen LogP contribution in [0.2, 0.25) is 0 Å². The van der Waals surface area contributed by atoms with Crippen LogP contribution in [0.15, 0.2) is 12.1 Å². The van der Waals surface area contributed by atoms with Crippen molar-refractivity contribution >= 4 is 18.9 Å². The van der Waals surface area contributed by atoms with E-state index in [9.17, 15) is 9.18 Å². The van der Waals surface area contributed by atoms with E-state index in [1.54, 1.807) is 0 Å². The molecule has 0 amide bonds. The Balaban J connectivity index is 2.40. The molecule has 3 nitrogen and oxygen atoms in total.